The van der Waals surface area contributed by atoms with E-state index in [1.54, 1.807) is 48.8 Å². The molecule has 2 radical (unpaired) electrons. The fraction of sp³-hybridized carbons (Fsp3) is 0.375. The van der Waals surface area contributed by atoms with Crippen molar-refractivity contribution in [2.24, 2.45) is 15.4 Å². The molecule has 2 aromatic carbocycles. The van der Waals surface area contributed by atoms with Crippen molar-refractivity contribution in [3.63, 3.8) is 0 Å². The number of hydrogen-bond donors (Lipinski definition) is 0. The number of hydrogen-bond acceptors (Lipinski definition) is 16. The summed E-state index contributed by atoms with van der Waals surface area (Å²) in [7, 11) is 2.93. The molecule has 0 amide bonds. The number of benzene rings is 2. The molecule has 22 heteroatoms. The van der Waals surface area contributed by atoms with E-state index in [0.717, 1.165) is 0 Å². The Kier molecular flexibility index (Phi) is 36.8. The molecule has 46 heavy (non-hydrogen) atoms. The van der Waals surface area contributed by atoms with Crippen LogP contribution in [0.2, 0.25) is 0 Å². The Morgan fingerprint density at radius 1 is 0.739 bits per heavy atom. The van der Waals surface area contributed by atoms with E-state index in [9.17, 15) is 15.0 Å². The van der Waals surface area contributed by atoms with Gasteiger partial charge in [-0.05, 0) is 37.1 Å². The van der Waals surface area contributed by atoms with Gasteiger partial charge in [-0.3, -0.25) is 9.98 Å². The Labute approximate surface area is 305 Å². The van der Waals surface area contributed by atoms with Crippen LogP contribution in [0.3, 0.4) is 0 Å². The Morgan fingerprint density at radius 2 is 0.978 bits per heavy atom. The van der Waals surface area contributed by atoms with Crippen molar-refractivity contribution >= 4 is 18.2 Å². The van der Waals surface area contributed by atoms with Crippen molar-refractivity contribution in [2.45, 2.75) is 27.7 Å². The zero-order valence-corrected chi connectivity index (χ0v) is 28.6. The summed E-state index contributed by atoms with van der Waals surface area (Å²) in [6, 6.07) is 10.2. The molecule has 0 aromatic heterocycles. The Morgan fingerprint density at radius 3 is 1.20 bits per heavy atom. The van der Waals surface area contributed by atoms with E-state index < -0.39 is 15.3 Å². The second-order valence-corrected chi connectivity index (χ2v) is 8.44. The van der Waals surface area contributed by atoms with Crippen molar-refractivity contribution in [1.82, 2.24) is 0 Å². The number of ether oxygens (including phenoxy) is 2. The van der Waals surface area contributed by atoms with E-state index in [1.807, 2.05) is 13.8 Å². The first kappa shape index (κ1) is 54.5. The molecule has 0 heterocycles. The van der Waals surface area contributed by atoms with Gasteiger partial charge in [0.2, 0.25) is 0 Å². The fourth-order valence-corrected chi connectivity index (χ4v) is 2.42. The van der Waals surface area contributed by atoms with Crippen LogP contribution >= 0.6 is 0 Å². The Bertz CT molecular complexity index is 1100. The third kappa shape index (κ3) is 34.6. The van der Waals surface area contributed by atoms with Gasteiger partial charge in [0.25, 0.3) is 0 Å². The molecule has 0 fully saturated rings. The van der Waals surface area contributed by atoms with Crippen LogP contribution in [0.4, 0.5) is 0 Å². The van der Waals surface area contributed by atoms with Crippen LogP contribution < -0.4 is 19.7 Å². The second-order valence-electron chi connectivity index (χ2n) is 8.44. The number of Topliss-reactive ketones (excluding diaryl/α,β-unsaturated/α-hetero) is 1. The smallest absolute Gasteiger partial charge is 2.00 e. The predicted octanol–water partition coefficient (Wildman–Crippen LogP) is 2.17. The summed E-state index contributed by atoms with van der Waals surface area (Å²) in [5.41, 5.74) is 0.749. The largest absolute Gasteiger partial charge is 4.00 e. The second kappa shape index (κ2) is 31.1. The number of aliphatic imine (C=N–C) groups is 2. The van der Waals surface area contributed by atoms with Crippen LogP contribution in [0.25, 0.3) is 0 Å². The molecule has 0 N–H and O–H groups in total. The third-order valence-electron chi connectivity index (χ3n) is 3.96. The minimum absolute atomic E-state index is 0. The van der Waals surface area contributed by atoms with Crippen LogP contribution in [0, 0.1) is 89.6 Å². The van der Waals surface area contributed by atoms with Gasteiger partial charge in [0.15, 0.2) is 0 Å². The molecule has 0 atom stereocenters. The summed E-state index contributed by atoms with van der Waals surface area (Å²) < 4.78 is 10.1. The van der Waals surface area contributed by atoms with Crippen molar-refractivity contribution < 1.29 is 102 Å². The summed E-state index contributed by atoms with van der Waals surface area (Å²) in [6.07, 6.45) is 3.13. The first-order valence-electron chi connectivity index (χ1n) is 11.4. The maximum atomic E-state index is 12.1. The fourth-order valence-electron chi connectivity index (χ4n) is 2.42. The minimum atomic E-state index is -1.75. The van der Waals surface area contributed by atoms with Crippen LogP contribution in [0.5, 0.6) is 23.0 Å². The standard InChI is InChI=1S/C21H26N2O4.C3H6O.Dy.3NO3.O.V/c1-21(2,13-22-11-15-7-5-9-17(26-3)19(15)24)14-23-12-16-8-6-10-18(27-4)20(16)25;1-3(2)4;;3*2-1(3)4;;/h5-12,24-25H,13-14H2,1-4H3;1-2H3;;;;;;/q;;+3;3*-1;-2;+4/p-2. The summed E-state index contributed by atoms with van der Waals surface area (Å²) in [5.74, 6) is 0.408. The van der Waals surface area contributed by atoms with E-state index in [4.69, 9.17) is 55.4 Å². The zero-order valence-electron chi connectivity index (χ0n) is 25.2. The number of para-hydroxylation sites is 2. The quantitative estimate of drug-likeness (QED) is 0.209. The average Bonchev–Trinajstić information content (AvgIpc) is 2.84. The van der Waals surface area contributed by atoms with Gasteiger partial charge in [0.1, 0.15) is 17.3 Å². The van der Waals surface area contributed by atoms with Gasteiger partial charge < -0.3 is 75.9 Å². The van der Waals surface area contributed by atoms with Crippen LogP contribution in [0.1, 0.15) is 38.8 Å². The molecular weight excluding hydrogens is 812 g/mol. The van der Waals surface area contributed by atoms with Crippen LogP contribution in [0.15, 0.2) is 46.4 Å². The molecule has 2 rings (SSSR count). The van der Waals surface area contributed by atoms with Gasteiger partial charge in [-0.1, -0.05) is 49.6 Å². The number of ketones is 1. The van der Waals surface area contributed by atoms with Crippen molar-refractivity contribution in [3.8, 4) is 23.0 Å². The molecule has 0 bridgehead atoms. The van der Waals surface area contributed by atoms with Gasteiger partial charge in [-0.25, -0.2) is 0 Å². The van der Waals surface area contributed by atoms with E-state index in [0.29, 0.717) is 35.7 Å². The molecule has 0 saturated carbocycles. The molecular formula is C24H30DyN5O15V. The third-order valence-corrected chi connectivity index (χ3v) is 3.96. The van der Waals surface area contributed by atoms with Gasteiger partial charge in [0.05, 0.1) is 29.5 Å². The van der Waals surface area contributed by atoms with E-state index in [2.05, 4.69) is 9.98 Å². The molecule has 0 aliphatic carbocycles. The van der Waals surface area contributed by atoms with Gasteiger partial charge in [0, 0.05) is 30.9 Å². The summed E-state index contributed by atoms with van der Waals surface area (Å²) in [4.78, 5) is 43.0. The van der Waals surface area contributed by atoms with Crippen molar-refractivity contribution in [3.05, 3.63) is 93.5 Å². The monoisotopic (exact) mass is 843 g/mol. The summed E-state index contributed by atoms with van der Waals surface area (Å²) in [5, 5.41) is 68.4. The number of methoxy groups -OCH3 is 2. The molecule has 0 spiro atoms. The SMILES string of the molecule is CC(C)=O.COc1cccc(C=NCC(C)(C)CN=Cc2cccc(OC)c2[O-])c1[O-].O=[N+]([O-])[O-].O=[N+]([O-])[O-].O=[N+]([O-])[O-].[Dy+3].[O-2].[V+4]. The van der Waals surface area contributed by atoms with Crippen LogP contribution in [-0.2, 0) is 28.8 Å². The number of rotatable bonds is 8. The number of nitrogens with zero attached hydrogens (tertiary/aromatic N) is 5. The Hall–Kier alpha value is -3.93. The Balaban J connectivity index is -0.000000176. The van der Waals surface area contributed by atoms with Crippen LogP contribution in [-0.4, -0.2) is 60.8 Å². The molecule has 0 aliphatic heterocycles. The maximum Gasteiger partial charge on any atom is 4.00 e. The van der Waals surface area contributed by atoms with Gasteiger partial charge in [-0.2, -0.15) is 0 Å². The van der Waals surface area contributed by atoms with E-state index in [-0.39, 0.29) is 84.9 Å². The molecule has 0 saturated heterocycles. The normalized spacial score (nSPS) is 9.17. The van der Waals surface area contributed by atoms with E-state index >= 15 is 0 Å². The number of carbonyl (C=O) groups excluding carboxylic acids is 1. The topological polar surface area (TPSA) is 333 Å². The molecule has 0 unspecified atom stereocenters. The van der Waals surface area contributed by atoms with Gasteiger partial charge in [-0.15, -0.1) is 0 Å². The first-order valence-corrected chi connectivity index (χ1v) is 11.4. The molecule has 20 nitrogen and oxygen atoms in total. The van der Waals surface area contributed by atoms with Crippen molar-refractivity contribution in [1.29, 1.82) is 0 Å². The van der Waals surface area contributed by atoms with Gasteiger partial charge >= 0.3 is 56.7 Å². The summed E-state index contributed by atoms with van der Waals surface area (Å²) >= 11 is 0. The van der Waals surface area contributed by atoms with Crippen molar-refractivity contribution in [2.75, 3.05) is 27.3 Å². The first-order chi connectivity index (χ1) is 19.8. The molecule has 2 aromatic rings. The molecule has 256 valence electrons. The maximum absolute atomic E-state index is 12.1. The summed E-state index contributed by atoms with van der Waals surface area (Å²) in [6.45, 7) is 8.08. The predicted molar refractivity (Wildman–Crippen MR) is 152 cm³/mol. The number of carbonyl (C=O) groups is 1. The van der Waals surface area contributed by atoms with E-state index in [1.165, 1.54) is 28.1 Å². The minimum Gasteiger partial charge on any atom is -2.00 e. The zero-order chi connectivity index (χ0) is 34.2. The molecule has 0 aliphatic rings. The average molecular weight is 842 g/mol.